The van der Waals surface area contributed by atoms with E-state index in [-0.39, 0.29) is 12.6 Å². The molecule has 1 aliphatic heterocycles. The molecule has 5 heteroatoms. The summed E-state index contributed by atoms with van der Waals surface area (Å²) in [5, 5.41) is 3.98. The van der Waals surface area contributed by atoms with Crippen LogP contribution in [0.5, 0.6) is 11.5 Å². The van der Waals surface area contributed by atoms with Crippen LogP contribution in [0.2, 0.25) is 0 Å². The van der Waals surface area contributed by atoms with Crippen molar-refractivity contribution in [2.45, 2.75) is 0 Å². The molecule has 0 N–H and O–H groups in total. The molecule has 0 bridgehead atoms. The molecule has 1 aliphatic rings. The van der Waals surface area contributed by atoms with Crippen LogP contribution < -0.4 is 9.47 Å². The summed E-state index contributed by atoms with van der Waals surface area (Å²) in [4.78, 5) is 12.1. The van der Waals surface area contributed by atoms with Gasteiger partial charge in [-0.25, -0.2) is 0 Å². The first-order valence-electron chi connectivity index (χ1n) is 5.17. The molecule has 17 heavy (non-hydrogen) atoms. The van der Waals surface area contributed by atoms with E-state index in [9.17, 15) is 4.79 Å². The van der Waals surface area contributed by atoms with E-state index in [1.165, 1.54) is 0 Å². The Morgan fingerprint density at radius 1 is 1.29 bits per heavy atom. The van der Waals surface area contributed by atoms with Crippen LogP contribution in [0, 0.1) is 0 Å². The number of ketones is 1. The summed E-state index contributed by atoms with van der Waals surface area (Å²) in [5.41, 5.74) is 1.13. The predicted molar refractivity (Wildman–Crippen MR) is 59.2 cm³/mol. The molecule has 2 aromatic rings. The molecule has 0 saturated carbocycles. The van der Waals surface area contributed by atoms with Crippen molar-refractivity contribution in [1.82, 2.24) is 9.78 Å². The number of ether oxygens (including phenoxy) is 2. The second kappa shape index (κ2) is 3.62. The minimum atomic E-state index is -0.0728. The van der Waals surface area contributed by atoms with Crippen molar-refractivity contribution in [2.24, 2.45) is 7.05 Å². The maximum absolute atomic E-state index is 12.1. The predicted octanol–water partition coefficient (Wildman–Crippen LogP) is 1.38. The first-order valence-corrected chi connectivity index (χ1v) is 5.17. The van der Waals surface area contributed by atoms with Gasteiger partial charge in [0.2, 0.25) is 6.79 Å². The van der Waals surface area contributed by atoms with E-state index >= 15 is 0 Å². The average molecular weight is 230 g/mol. The molecule has 2 heterocycles. The van der Waals surface area contributed by atoms with Gasteiger partial charge in [-0.05, 0) is 18.2 Å². The molecular weight excluding hydrogens is 220 g/mol. The Morgan fingerprint density at radius 2 is 2.12 bits per heavy atom. The van der Waals surface area contributed by atoms with Crippen molar-refractivity contribution in [2.75, 3.05) is 6.79 Å². The molecule has 0 radical (unpaired) electrons. The highest BCUT2D eigenvalue weighted by Gasteiger charge is 2.17. The molecule has 1 aromatic heterocycles. The van der Waals surface area contributed by atoms with Crippen LogP contribution in [0.1, 0.15) is 15.9 Å². The van der Waals surface area contributed by atoms with Gasteiger partial charge in [0.15, 0.2) is 17.3 Å². The van der Waals surface area contributed by atoms with Crippen molar-refractivity contribution in [3.63, 3.8) is 0 Å². The Morgan fingerprint density at radius 3 is 2.88 bits per heavy atom. The first-order chi connectivity index (χ1) is 8.24. The Hall–Kier alpha value is -2.30. The van der Waals surface area contributed by atoms with Gasteiger partial charge in [0.1, 0.15) is 0 Å². The fourth-order valence-corrected chi connectivity index (χ4v) is 1.74. The molecule has 0 spiro atoms. The van der Waals surface area contributed by atoms with E-state index in [2.05, 4.69) is 5.10 Å². The van der Waals surface area contributed by atoms with Gasteiger partial charge in [-0.3, -0.25) is 9.48 Å². The molecule has 0 atom stereocenters. The van der Waals surface area contributed by atoms with E-state index in [1.807, 2.05) is 0 Å². The largest absolute Gasteiger partial charge is 0.454 e. The van der Waals surface area contributed by atoms with Gasteiger partial charge in [-0.1, -0.05) is 0 Å². The minimum Gasteiger partial charge on any atom is -0.454 e. The summed E-state index contributed by atoms with van der Waals surface area (Å²) in [7, 11) is 1.77. The highest BCUT2D eigenvalue weighted by Crippen LogP contribution is 2.32. The minimum absolute atomic E-state index is 0.0728. The fraction of sp³-hybridized carbons (Fsp3) is 0.167. The smallest absolute Gasteiger partial charge is 0.231 e. The van der Waals surface area contributed by atoms with Crippen LogP contribution in [0.4, 0.5) is 0 Å². The van der Waals surface area contributed by atoms with E-state index in [4.69, 9.17) is 9.47 Å². The fourth-order valence-electron chi connectivity index (χ4n) is 1.74. The lowest BCUT2D eigenvalue weighted by molar-refractivity contribution is 0.103. The number of fused-ring (bicyclic) bond motifs is 1. The molecule has 1 aromatic carbocycles. The lowest BCUT2D eigenvalue weighted by Gasteiger charge is -2.00. The van der Waals surface area contributed by atoms with Crippen molar-refractivity contribution in [3.05, 3.63) is 41.7 Å². The maximum Gasteiger partial charge on any atom is 0.231 e. The van der Waals surface area contributed by atoms with Gasteiger partial charge in [0.05, 0.1) is 11.8 Å². The van der Waals surface area contributed by atoms with E-state index in [0.717, 1.165) is 0 Å². The van der Waals surface area contributed by atoms with Gasteiger partial charge < -0.3 is 9.47 Å². The molecule has 86 valence electrons. The topological polar surface area (TPSA) is 53.4 Å². The normalized spacial score (nSPS) is 12.8. The number of nitrogens with zero attached hydrogens (tertiary/aromatic N) is 2. The summed E-state index contributed by atoms with van der Waals surface area (Å²) < 4.78 is 12.0. The Labute approximate surface area is 97.6 Å². The summed E-state index contributed by atoms with van der Waals surface area (Å²) in [5.74, 6) is 1.21. The van der Waals surface area contributed by atoms with E-state index in [0.29, 0.717) is 22.6 Å². The van der Waals surface area contributed by atoms with Gasteiger partial charge >= 0.3 is 0 Å². The molecule has 0 saturated heterocycles. The zero-order valence-corrected chi connectivity index (χ0v) is 9.21. The highest BCUT2D eigenvalue weighted by atomic mass is 16.7. The SMILES string of the molecule is Cn1cc(C(=O)c2ccc3c(c2)OCO3)cn1. The third kappa shape index (κ3) is 1.65. The number of aryl methyl sites for hydroxylation is 1. The van der Waals surface area contributed by atoms with Gasteiger partial charge in [-0.2, -0.15) is 5.10 Å². The molecule has 3 rings (SSSR count). The molecule has 0 aliphatic carbocycles. The van der Waals surface area contributed by atoms with Gasteiger partial charge in [0, 0.05) is 18.8 Å². The van der Waals surface area contributed by atoms with Crippen molar-refractivity contribution >= 4 is 5.78 Å². The van der Waals surface area contributed by atoms with Gasteiger partial charge in [-0.15, -0.1) is 0 Å². The number of hydrogen-bond acceptors (Lipinski definition) is 4. The summed E-state index contributed by atoms with van der Waals surface area (Å²) in [6.07, 6.45) is 3.24. The molecule has 5 nitrogen and oxygen atoms in total. The average Bonchev–Trinajstić information content (AvgIpc) is 2.95. The van der Waals surface area contributed by atoms with Crippen LogP contribution in [0.25, 0.3) is 0 Å². The van der Waals surface area contributed by atoms with Crippen molar-refractivity contribution in [3.8, 4) is 11.5 Å². The summed E-state index contributed by atoms with van der Waals surface area (Å²) >= 11 is 0. The first kappa shape index (κ1) is 9.89. The number of aromatic nitrogens is 2. The number of hydrogen-bond donors (Lipinski definition) is 0. The van der Waals surface area contributed by atoms with E-state index in [1.54, 1.807) is 42.3 Å². The second-order valence-electron chi connectivity index (χ2n) is 3.80. The quantitative estimate of drug-likeness (QED) is 0.731. The Bertz CT molecular complexity index is 589. The molecule has 0 unspecified atom stereocenters. The van der Waals surface area contributed by atoms with Crippen molar-refractivity contribution in [1.29, 1.82) is 0 Å². The summed E-state index contributed by atoms with van der Waals surface area (Å²) in [6, 6.07) is 5.16. The second-order valence-corrected chi connectivity index (χ2v) is 3.80. The van der Waals surface area contributed by atoms with Crippen LogP contribution >= 0.6 is 0 Å². The molecule has 0 fully saturated rings. The summed E-state index contributed by atoms with van der Waals surface area (Å²) in [6.45, 7) is 0.208. The highest BCUT2D eigenvalue weighted by molar-refractivity contribution is 6.09. The monoisotopic (exact) mass is 230 g/mol. The number of carbonyl (C=O) groups is 1. The van der Waals surface area contributed by atoms with Crippen LogP contribution in [-0.2, 0) is 7.05 Å². The van der Waals surface area contributed by atoms with Gasteiger partial charge in [0.25, 0.3) is 0 Å². The molecule has 0 amide bonds. The Kier molecular flexibility index (Phi) is 2.11. The number of benzene rings is 1. The van der Waals surface area contributed by atoms with E-state index < -0.39 is 0 Å². The standard InChI is InChI=1S/C12H10N2O3/c1-14-6-9(5-13-14)12(15)8-2-3-10-11(4-8)17-7-16-10/h2-6H,7H2,1H3. The number of carbonyl (C=O) groups excluding carboxylic acids is 1. The molecular formula is C12H10N2O3. The van der Waals surface area contributed by atoms with Crippen LogP contribution in [0.15, 0.2) is 30.6 Å². The van der Waals surface area contributed by atoms with Crippen LogP contribution in [0.3, 0.4) is 0 Å². The maximum atomic E-state index is 12.1. The zero-order valence-electron chi connectivity index (χ0n) is 9.21. The lowest BCUT2D eigenvalue weighted by atomic mass is 10.1. The van der Waals surface area contributed by atoms with Crippen LogP contribution in [-0.4, -0.2) is 22.4 Å². The lowest BCUT2D eigenvalue weighted by Crippen LogP contribution is -1.99. The third-order valence-corrected chi connectivity index (χ3v) is 2.60. The number of rotatable bonds is 2. The Balaban J connectivity index is 1.97. The van der Waals surface area contributed by atoms with Crippen molar-refractivity contribution < 1.29 is 14.3 Å². The zero-order chi connectivity index (χ0) is 11.8. The third-order valence-electron chi connectivity index (χ3n) is 2.60.